The maximum absolute atomic E-state index is 13.8. The van der Waals surface area contributed by atoms with E-state index in [1.807, 2.05) is 63.2 Å². The van der Waals surface area contributed by atoms with Crippen molar-refractivity contribution < 1.29 is 19.1 Å². The van der Waals surface area contributed by atoms with Crippen molar-refractivity contribution in [2.75, 3.05) is 11.9 Å². The molecule has 0 aromatic heterocycles. The Labute approximate surface area is 208 Å². The molecule has 188 valence electrons. The van der Waals surface area contributed by atoms with Gasteiger partial charge in [0.05, 0.1) is 0 Å². The van der Waals surface area contributed by atoms with E-state index in [2.05, 4.69) is 17.2 Å². The van der Waals surface area contributed by atoms with Gasteiger partial charge in [-0.1, -0.05) is 48.5 Å². The number of carbonyl (C=O) groups excluding carboxylic acids is 3. The number of alkyl carbamates (subject to hydrolysis) is 1. The Morgan fingerprint density at radius 1 is 1.00 bits per heavy atom. The second-order valence-corrected chi connectivity index (χ2v) is 9.66. The molecule has 0 saturated heterocycles. The first-order valence-electron chi connectivity index (χ1n) is 11.7. The molecule has 2 N–H and O–H groups in total. The number of rotatable bonds is 8. The molecule has 2 aromatic rings. The van der Waals surface area contributed by atoms with Crippen LogP contribution < -0.4 is 10.6 Å². The van der Waals surface area contributed by atoms with E-state index in [0.29, 0.717) is 11.3 Å². The lowest BCUT2D eigenvalue weighted by atomic mass is 9.97. The Balaban J connectivity index is 2.46. The molecule has 7 heteroatoms. The fourth-order valence-corrected chi connectivity index (χ4v) is 3.80. The van der Waals surface area contributed by atoms with Crippen molar-refractivity contribution in [3.05, 3.63) is 77.4 Å². The average molecular weight is 480 g/mol. The van der Waals surface area contributed by atoms with Crippen LogP contribution in [0.2, 0.25) is 0 Å². The lowest BCUT2D eigenvalue weighted by molar-refractivity contribution is -0.139. The van der Waals surface area contributed by atoms with E-state index in [4.69, 9.17) is 4.74 Å². The second kappa shape index (κ2) is 11.7. The van der Waals surface area contributed by atoms with Crippen molar-refractivity contribution in [3.63, 3.8) is 0 Å². The fraction of sp³-hybridized carbons (Fsp3) is 0.393. The van der Waals surface area contributed by atoms with Gasteiger partial charge in [-0.05, 0) is 70.7 Å². The van der Waals surface area contributed by atoms with Crippen LogP contribution in [0.3, 0.4) is 0 Å². The normalized spacial score (nSPS) is 12.8. The molecule has 35 heavy (non-hydrogen) atoms. The fourth-order valence-electron chi connectivity index (χ4n) is 3.80. The summed E-state index contributed by atoms with van der Waals surface area (Å²) in [5.41, 5.74) is 3.40. The predicted octanol–water partition coefficient (Wildman–Crippen LogP) is 5.22. The third kappa shape index (κ3) is 7.44. The molecule has 0 bridgehead atoms. The van der Waals surface area contributed by atoms with Crippen molar-refractivity contribution in [3.8, 4) is 0 Å². The molecular weight excluding hydrogens is 442 g/mol. The van der Waals surface area contributed by atoms with E-state index in [9.17, 15) is 14.4 Å². The van der Waals surface area contributed by atoms with Gasteiger partial charge in [0.25, 0.3) is 5.91 Å². The smallest absolute Gasteiger partial charge is 0.408 e. The first-order valence-corrected chi connectivity index (χ1v) is 11.7. The van der Waals surface area contributed by atoms with Gasteiger partial charge in [0.2, 0.25) is 5.91 Å². The molecule has 2 atom stereocenters. The van der Waals surface area contributed by atoms with Crippen molar-refractivity contribution in [2.45, 2.75) is 66.2 Å². The molecule has 0 spiro atoms. The Hall–Kier alpha value is -3.61. The zero-order valence-corrected chi connectivity index (χ0v) is 21.8. The van der Waals surface area contributed by atoms with Crippen LogP contribution in [0, 0.1) is 20.8 Å². The highest BCUT2D eigenvalue weighted by atomic mass is 16.6. The average Bonchev–Trinajstić information content (AvgIpc) is 2.75. The van der Waals surface area contributed by atoms with Crippen molar-refractivity contribution in [1.29, 1.82) is 0 Å². The summed E-state index contributed by atoms with van der Waals surface area (Å²) in [6.45, 7) is 16.4. The molecule has 0 aliphatic carbocycles. The number of hydrogen-bond acceptors (Lipinski definition) is 4. The maximum atomic E-state index is 13.8. The zero-order valence-electron chi connectivity index (χ0n) is 21.8. The molecule has 2 aromatic carbocycles. The summed E-state index contributed by atoms with van der Waals surface area (Å²) in [5.74, 6) is -0.781. The number of para-hydroxylation sites is 1. The topological polar surface area (TPSA) is 87.7 Å². The van der Waals surface area contributed by atoms with E-state index in [0.717, 1.165) is 16.7 Å². The molecule has 0 heterocycles. The van der Waals surface area contributed by atoms with Crippen LogP contribution in [0.5, 0.6) is 0 Å². The zero-order chi connectivity index (χ0) is 26.3. The van der Waals surface area contributed by atoms with E-state index >= 15 is 0 Å². The minimum atomic E-state index is -0.941. The van der Waals surface area contributed by atoms with Crippen LogP contribution in [0.25, 0.3) is 0 Å². The number of hydrogen-bond donors (Lipinski definition) is 2. The highest BCUT2D eigenvalue weighted by molar-refractivity contribution is 6.00. The standard InChI is InChI=1S/C28H37N3O4/c1-9-17-31(26(33)21(5)29-27(34)35-28(6,7)8)24(22-16-11-10-13-18(22)2)25(32)30-23-19(3)14-12-15-20(23)4/h9-16,21,24H,1,17H2,2-8H3,(H,29,34)(H,30,32). The van der Waals surface area contributed by atoms with Gasteiger partial charge in [-0.25, -0.2) is 4.79 Å². The van der Waals surface area contributed by atoms with Crippen LogP contribution in [-0.2, 0) is 14.3 Å². The quantitative estimate of drug-likeness (QED) is 0.508. The van der Waals surface area contributed by atoms with Gasteiger partial charge in [0.1, 0.15) is 17.7 Å². The highest BCUT2D eigenvalue weighted by Crippen LogP contribution is 2.28. The molecule has 0 radical (unpaired) electrons. The summed E-state index contributed by atoms with van der Waals surface area (Å²) in [4.78, 5) is 41.1. The Morgan fingerprint density at radius 2 is 1.57 bits per heavy atom. The van der Waals surface area contributed by atoms with Crippen molar-refractivity contribution in [2.24, 2.45) is 0 Å². The number of nitrogens with one attached hydrogen (secondary N) is 2. The summed E-state index contributed by atoms with van der Waals surface area (Å²) in [6, 6.07) is 11.3. The summed E-state index contributed by atoms with van der Waals surface area (Å²) in [5, 5.41) is 5.61. The largest absolute Gasteiger partial charge is 0.444 e. The molecule has 0 saturated carbocycles. The Bertz CT molecular complexity index is 1070. The van der Waals surface area contributed by atoms with Crippen LogP contribution in [0.1, 0.15) is 56.0 Å². The summed E-state index contributed by atoms with van der Waals surface area (Å²) in [7, 11) is 0. The maximum Gasteiger partial charge on any atom is 0.408 e. The van der Waals surface area contributed by atoms with Crippen molar-refractivity contribution in [1.82, 2.24) is 10.2 Å². The first kappa shape index (κ1) is 27.6. The summed E-state index contributed by atoms with van der Waals surface area (Å²) in [6.07, 6.45) is 0.861. The van der Waals surface area contributed by atoms with Crippen LogP contribution in [0.4, 0.5) is 10.5 Å². The number of ether oxygens (including phenoxy) is 1. The van der Waals surface area contributed by atoms with Crippen molar-refractivity contribution >= 4 is 23.6 Å². The highest BCUT2D eigenvalue weighted by Gasteiger charge is 2.35. The van der Waals surface area contributed by atoms with Gasteiger partial charge < -0.3 is 20.3 Å². The summed E-state index contributed by atoms with van der Waals surface area (Å²) < 4.78 is 5.30. The SMILES string of the molecule is C=CCN(C(=O)C(C)NC(=O)OC(C)(C)C)C(C(=O)Nc1c(C)cccc1C)c1ccccc1C. The molecule has 7 nitrogen and oxygen atoms in total. The third-order valence-electron chi connectivity index (χ3n) is 5.48. The monoisotopic (exact) mass is 479 g/mol. The van der Waals surface area contributed by atoms with Gasteiger partial charge in [-0.2, -0.15) is 0 Å². The van der Waals surface area contributed by atoms with Crippen LogP contribution in [0.15, 0.2) is 55.1 Å². The van der Waals surface area contributed by atoms with Gasteiger partial charge in [0.15, 0.2) is 0 Å². The van der Waals surface area contributed by atoms with Gasteiger partial charge in [-0.15, -0.1) is 6.58 Å². The van der Waals surface area contributed by atoms with Gasteiger partial charge >= 0.3 is 6.09 Å². The number of aryl methyl sites for hydroxylation is 3. The first-order chi connectivity index (χ1) is 16.4. The van der Waals surface area contributed by atoms with E-state index < -0.39 is 29.7 Å². The molecule has 2 rings (SSSR count). The van der Waals surface area contributed by atoms with E-state index in [1.54, 1.807) is 33.8 Å². The lowest BCUT2D eigenvalue weighted by Crippen LogP contribution is -2.51. The predicted molar refractivity (Wildman–Crippen MR) is 139 cm³/mol. The number of nitrogens with zero attached hydrogens (tertiary/aromatic N) is 1. The number of amides is 3. The second-order valence-electron chi connectivity index (χ2n) is 9.66. The van der Waals surface area contributed by atoms with Crippen LogP contribution in [-0.4, -0.2) is 41.0 Å². The molecule has 0 aliphatic rings. The molecular formula is C28H37N3O4. The van der Waals surface area contributed by atoms with Gasteiger partial charge in [-0.3, -0.25) is 9.59 Å². The molecule has 0 aliphatic heterocycles. The molecule has 0 fully saturated rings. The number of carbonyl (C=O) groups is 3. The van der Waals surface area contributed by atoms with Gasteiger partial charge in [0, 0.05) is 12.2 Å². The molecule has 3 amide bonds. The minimum absolute atomic E-state index is 0.109. The van der Waals surface area contributed by atoms with E-state index in [-0.39, 0.29) is 12.5 Å². The Morgan fingerprint density at radius 3 is 2.11 bits per heavy atom. The van der Waals surface area contributed by atoms with E-state index in [1.165, 1.54) is 4.90 Å². The lowest BCUT2D eigenvalue weighted by Gasteiger charge is -2.33. The minimum Gasteiger partial charge on any atom is -0.444 e. The Kier molecular flexibility index (Phi) is 9.23. The number of anilines is 1. The van der Waals surface area contributed by atoms with Crippen LogP contribution >= 0.6 is 0 Å². The third-order valence-corrected chi connectivity index (χ3v) is 5.48. The summed E-state index contributed by atoms with van der Waals surface area (Å²) >= 11 is 0. The molecule has 2 unspecified atom stereocenters. The number of benzene rings is 2.